The smallest absolute Gasteiger partial charge is 0.161 e. The van der Waals surface area contributed by atoms with Gasteiger partial charge in [0.25, 0.3) is 0 Å². The molecular weight excluding hydrogens is 248 g/mol. The number of carbonyl (C=O) groups excluding carboxylic acids is 1. The average molecular weight is 264 g/mol. The third-order valence-corrected chi connectivity index (χ3v) is 3.07. The lowest BCUT2D eigenvalue weighted by Crippen LogP contribution is -1.95. The van der Waals surface area contributed by atoms with Gasteiger partial charge in [-0.15, -0.1) is 0 Å². The van der Waals surface area contributed by atoms with Crippen LogP contribution in [-0.2, 0) is 0 Å². The van der Waals surface area contributed by atoms with Crippen LogP contribution in [0.4, 0.5) is 0 Å². The third-order valence-electron chi connectivity index (χ3n) is 3.07. The molecule has 0 fully saturated rings. The van der Waals surface area contributed by atoms with Gasteiger partial charge in [0, 0.05) is 16.7 Å². The zero-order chi connectivity index (χ0) is 14.5. The van der Waals surface area contributed by atoms with Gasteiger partial charge in [-0.2, -0.15) is 0 Å². The fourth-order valence-electron chi connectivity index (χ4n) is 1.94. The minimum Gasteiger partial charge on any atom is -0.497 e. The molecule has 0 spiro atoms. The van der Waals surface area contributed by atoms with Gasteiger partial charge in [0.05, 0.1) is 7.11 Å². The third kappa shape index (κ3) is 3.07. The van der Waals surface area contributed by atoms with E-state index in [2.05, 4.69) is 11.8 Å². The summed E-state index contributed by atoms with van der Waals surface area (Å²) in [5.41, 5.74) is 3.41. The van der Waals surface area contributed by atoms with Crippen molar-refractivity contribution in [3.05, 3.63) is 64.7 Å². The predicted molar refractivity (Wildman–Crippen MR) is 80.2 cm³/mol. The summed E-state index contributed by atoms with van der Waals surface area (Å²) in [4.78, 5) is 11.5. The van der Waals surface area contributed by atoms with Gasteiger partial charge in [0.15, 0.2) is 5.78 Å². The maximum absolute atomic E-state index is 11.5. The lowest BCUT2D eigenvalue weighted by atomic mass is 10.0. The summed E-state index contributed by atoms with van der Waals surface area (Å²) < 4.78 is 5.17. The number of Topliss-reactive ketones (excluding diaryl/α,β-unsaturated/α-hetero) is 1. The van der Waals surface area contributed by atoms with Crippen molar-refractivity contribution in [3.63, 3.8) is 0 Å². The van der Waals surface area contributed by atoms with Gasteiger partial charge < -0.3 is 4.74 Å². The fraction of sp³-hybridized carbons (Fsp3) is 0.167. The van der Waals surface area contributed by atoms with Crippen molar-refractivity contribution < 1.29 is 9.53 Å². The minimum absolute atomic E-state index is 0.0290. The van der Waals surface area contributed by atoms with E-state index in [1.165, 1.54) is 0 Å². The molecule has 2 aromatic rings. The molecule has 0 aliphatic carbocycles. The van der Waals surface area contributed by atoms with Crippen molar-refractivity contribution in [1.29, 1.82) is 0 Å². The van der Waals surface area contributed by atoms with E-state index >= 15 is 0 Å². The molecule has 0 aromatic heterocycles. The maximum atomic E-state index is 11.5. The van der Waals surface area contributed by atoms with E-state index in [4.69, 9.17) is 4.74 Å². The molecule has 2 nitrogen and oxygen atoms in total. The highest BCUT2D eigenvalue weighted by Gasteiger charge is 2.03. The summed E-state index contributed by atoms with van der Waals surface area (Å²) >= 11 is 0. The number of benzene rings is 2. The van der Waals surface area contributed by atoms with Gasteiger partial charge in [-0.1, -0.05) is 30.0 Å². The van der Waals surface area contributed by atoms with Gasteiger partial charge in [-0.05, 0) is 43.7 Å². The SMILES string of the molecule is COc1ccc(C#Cc2ccccc2C(C)=O)c(C)c1. The Balaban J connectivity index is 2.39. The molecule has 100 valence electrons. The first-order chi connectivity index (χ1) is 9.61. The van der Waals surface area contributed by atoms with Gasteiger partial charge >= 0.3 is 0 Å². The molecule has 0 saturated carbocycles. The molecule has 2 heteroatoms. The first kappa shape index (κ1) is 13.9. The molecule has 0 aliphatic heterocycles. The number of rotatable bonds is 2. The summed E-state index contributed by atoms with van der Waals surface area (Å²) in [6, 6.07) is 13.2. The van der Waals surface area contributed by atoms with Crippen LogP contribution >= 0.6 is 0 Å². The summed E-state index contributed by atoms with van der Waals surface area (Å²) in [6.07, 6.45) is 0. The Labute approximate surface area is 119 Å². The molecular formula is C18H16O2. The van der Waals surface area contributed by atoms with Crippen LogP contribution in [0.1, 0.15) is 34.0 Å². The molecule has 0 heterocycles. The molecule has 0 unspecified atom stereocenters. The fourth-order valence-corrected chi connectivity index (χ4v) is 1.94. The van der Waals surface area contributed by atoms with Gasteiger partial charge in [-0.25, -0.2) is 0 Å². The van der Waals surface area contributed by atoms with Gasteiger partial charge in [0.1, 0.15) is 5.75 Å². The maximum Gasteiger partial charge on any atom is 0.161 e. The van der Waals surface area contributed by atoms with Crippen LogP contribution in [0, 0.1) is 18.8 Å². The van der Waals surface area contributed by atoms with E-state index in [1.54, 1.807) is 20.1 Å². The van der Waals surface area contributed by atoms with E-state index in [0.29, 0.717) is 5.56 Å². The van der Waals surface area contributed by atoms with Crippen molar-refractivity contribution in [2.24, 2.45) is 0 Å². The number of ether oxygens (including phenoxy) is 1. The first-order valence-corrected chi connectivity index (χ1v) is 6.38. The zero-order valence-electron chi connectivity index (χ0n) is 11.9. The number of ketones is 1. The van der Waals surface area contributed by atoms with Crippen LogP contribution in [0.15, 0.2) is 42.5 Å². The van der Waals surface area contributed by atoms with Crippen LogP contribution in [0.3, 0.4) is 0 Å². The number of methoxy groups -OCH3 is 1. The van der Waals surface area contributed by atoms with E-state index in [9.17, 15) is 4.79 Å². The minimum atomic E-state index is 0.0290. The van der Waals surface area contributed by atoms with Crippen LogP contribution in [-0.4, -0.2) is 12.9 Å². The standard InChI is InChI=1S/C18H16O2/c1-13-12-17(20-3)11-10-15(13)8-9-16-6-4-5-7-18(16)14(2)19/h4-7,10-12H,1-3H3. The Kier molecular flexibility index (Phi) is 4.22. The summed E-state index contributed by atoms with van der Waals surface area (Å²) in [5, 5.41) is 0. The van der Waals surface area contributed by atoms with Crippen molar-refractivity contribution in [1.82, 2.24) is 0 Å². The van der Waals surface area contributed by atoms with Gasteiger partial charge in [0.2, 0.25) is 0 Å². The molecule has 2 rings (SSSR count). The van der Waals surface area contributed by atoms with Crippen LogP contribution in [0.5, 0.6) is 5.75 Å². The quantitative estimate of drug-likeness (QED) is 0.612. The predicted octanol–water partition coefficient (Wildman–Crippen LogP) is 3.61. The molecule has 0 bridgehead atoms. The van der Waals surface area contributed by atoms with Crippen molar-refractivity contribution >= 4 is 5.78 Å². The lowest BCUT2D eigenvalue weighted by Gasteiger charge is -2.03. The lowest BCUT2D eigenvalue weighted by molar-refractivity contribution is 0.101. The number of hydrogen-bond donors (Lipinski definition) is 0. The first-order valence-electron chi connectivity index (χ1n) is 6.38. The second kappa shape index (κ2) is 6.08. The molecule has 0 N–H and O–H groups in total. The highest BCUT2D eigenvalue weighted by Crippen LogP contribution is 2.16. The summed E-state index contributed by atoms with van der Waals surface area (Å²) in [7, 11) is 1.64. The molecule has 0 radical (unpaired) electrons. The Morgan fingerprint density at radius 3 is 2.40 bits per heavy atom. The Morgan fingerprint density at radius 1 is 1.05 bits per heavy atom. The highest BCUT2D eigenvalue weighted by atomic mass is 16.5. The Morgan fingerprint density at radius 2 is 1.75 bits per heavy atom. The second-order valence-corrected chi connectivity index (χ2v) is 4.53. The molecule has 2 aromatic carbocycles. The van der Waals surface area contributed by atoms with E-state index < -0.39 is 0 Å². The Hall–Kier alpha value is -2.53. The van der Waals surface area contributed by atoms with Crippen LogP contribution < -0.4 is 4.74 Å². The van der Waals surface area contributed by atoms with Crippen molar-refractivity contribution in [2.75, 3.05) is 7.11 Å². The van der Waals surface area contributed by atoms with Crippen molar-refractivity contribution in [2.45, 2.75) is 13.8 Å². The molecule has 0 atom stereocenters. The molecule has 20 heavy (non-hydrogen) atoms. The Bertz CT molecular complexity index is 703. The number of carbonyl (C=O) groups is 1. The topological polar surface area (TPSA) is 26.3 Å². The zero-order valence-corrected chi connectivity index (χ0v) is 11.9. The summed E-state index contributed by atoms with van der Waals surface area (Å²) in [5.74, 6) is 7.04. The molecule has 0 saturated heterocycles. The normalized spacial score (nSPS) is 9.55. The number of aryl methyl sites for hydroxylation is 1. The van der Waals surface area contributed by atoms with Crippen LogP contribution in [0.2, 0.25) is 0 Å². The highest BCUT2D eigenvalue weighted by molar-refractivity contribution is 5.96. The van der Waals surface area contributed by atoms with E-state index in [1.807, 2.05) is 43.3 Å². The van der Waals surface area contributed by atoms with Crippen LogP contribution in [0.25, 0.3) is 0 Å². The largest absolute Gasteiger partial charge is 0.497 e. The van der Waals surface area contributed by atoms with Gasteiger partial charge in [-0.3, -0.25) is 4.79 Å². The van der Waals surface area contributed by atoms with E-state index in [-0.39, 0.29) is 5.78 Å². The molecule has 0 aliphatic rings. The van der Waals surface area contributed by atoms with Crippen molar-refractivity contribution in [3.8, 4) is 17.6 Å². The second-order valence-electron chi connectivity index (χ2n) is 4.53. The average Bonchev–Trinajstić information content (AvgIpc) is 2.46. The number of hydrogen-bond acceptors (Lipinski definition) is 2. The monoisotopic (exact) mass is 264 g/mol. The van der Waals surface area contributed by atoms with E-state index in [0.717, 1.165) is 22.4 Å². The summed E-state index contributed by atoms with van der Waals surface area (Å²) in [6.45, 7) is 3.54. The molecule has 0 amide bonds.